The van der Waals surface area contributed by atoms with Crippen LogP contribution in [0.1, 0.15) is 43.8 Å². The van der Waals surface area contributed by atoms with Crippen molar-refractivity contribution in [1.29, 1.82) is 0 Å². The van der Waals surface area contributed by atoms with Crippen molar-refractivity contribution in [1.82, 2.24) is 29.7 Å². The maximum Gasteiger partial charge on any atom is 0.268 e. The Hall–Kier alpha value is -4.67. The number of allylic oxidation sites excluding steroid dienone is 4. The molecule has 4 N–H and O–H groups in total. The van der Waals surface area contributed by atoms with Crippen LogP contribution in [0.2, 0.25) is 0 Å². The summed E-state index contributed by atoms with van der Waals surface area (Å²) < 4.78 is 20.5. The zero-order valence-electron chi connectivity index (χ0n) is 20.4. The van der Waals surface area contributed by atoms with Crippen LogP contribution >= 0.6 is 0 Å². The highest BCUT2D eigenvalue weighted by Gasteiger charge is 2.29. The number of nitrogens with zero attached hydrogens (tertiary/aromatic N) is 6. The van der Waals surface area contributed by atoms with E-state index in [1.807, 2.05) is 6.92 Å². The fourth-order valence-electron chi connectivity index (χ4n) is 3.72. The third kappa shape index (κ3) is 5.30. The van der Waals surface area contributed by atoms with E-state index >= 15 is 0 Å². The van der Waals surface area contributed by atoms with Crippen molar-refractivity contribution in [2.45, 2.75) is 38.5 Å². The van der Waals surface area contributed by atoms with Crippen LogP contribution in [0.5, 0.6) is 0 Å². The molecule has 0 atom stereocenters. The SMILES string of the molecule is C=C/C=C(\C=C)n1c(CCC)nc2cccc(F)c2c1=O.Nc1ncnc(N)c1-c1nc(C2CC2)no1. The summed E-state index contributed by atoms with van der Waals surface area (Å²) in [4.78, 5) is 29.1. The van der Waals surface area contributed by atoms with Crippen molar-refractivity contribution in [2.75, 3.05) is 11.5 Å². The molecule has 1 saturated carbocycles. The highest BCUT2D eigenvalue weighted by atomic mass is 19.1. The summed E-state index contributed by atoms with van der Waals surface area (Å²) in [6.45, 7) is 9.33. The molecule has 4 aromatic rings. The maximum atomic E-state index is 14.0. The predicted octanol–water partition coefficient (Wildman–Crippen LogP) is 4.27. The van der Waals surface area contributed by atoms with Gasteiger partial charge >= 0.3 is 0 Å². The molecule has 0 radical (unpaired) electrons. The Morgan fingerprint density at radius 3 is 2.57 bits per heavy atom. The van der Waals surface area contributed by atoms with Gasteiger partial charge in [0.1, 0.15) is 40.6 Å². The Morgan fingerprint density at radius 1 is 1.22 bits per heavy atom. The lowest BCUT2D eigenvalue weighted by Crippen LogP contribution is -2.25. The van der Waals surface area contributed by atoms with Gasteiger partial charge in [-0.2, -0.15) is 4.98 Å². The van der Waals surface area contributed by atoms with Gasteiger partial charge in [-0.3, -0.25) is 9.36 Å². The first kappa shape index (κ1) is 25.4. The predicted molar refractivity (Wildman–Crippen MR) is 141 cm³/mol. The molecule has 190 valence electrons. The number of anilines is 2. The molecule has 5 rings (SSSR count). The minimum Gasteiger partial charge on any atom is -0.383 e. The Labute approximate surface area is 212 Å². The van der Waals surface area contributed by atoms with E-state index in [1.165, 1.54) is 23.0 Å². The maximum absolute atomic E-state index is 14.0. The number of aromatic nitrogens is 6. The minimum absolute atomic E-state index is 0.00540. The van der Waals surface area contributed by atoms with E-state index in [9.17, 15) is 9.18 Å². The van der Waals surface area contributed by atoms with E-state index in [4.69, 9.17) is 16.0 Å². The summed E-state index contributed by atoms with van der Waals surface area (Å²) in [7, 11) is 0. The summed E-state index contributed by atoms with van der Waals surface area (Å²) >= 11 is 0. The molecular weight excluding hydrogens is 475 g/mol. The molecular formula is C26H27FN8O2. The van der Waals surface area contributed by atoms with Crippen LogP contribution in [0.25, 0.3) is 28.1 Å². The number of halogens is 1. The molecule has 0 spiro atoms. The smallest absolute Gasteiger partial charge is 0.268 e. The summed E-state index contributed by atoms with van der Waals surface area (Å²) in [6, 6.07) is 4.46. The summed E-state index contributed by atoms with van der Waals surface area (Å²) in [5, 5.41) is 3.88. The fourth-order valence-corrected chi connectivity index (χ4v) is 3.72. The molecule has 0 unspecified atom stereocenters. The van der Waals surface area contributed by atoms with Gasteiger partial charge in [0, 0.05) is 18.0 Å². The first-order valence-corrected chi connectivity index (χ1v) is 11.7. The lowest BCUT2D eigenvalue weighted by molar-refractivity contribution is 0.423. The molecule has 1 aliphatic rings. The van der Waals surface area contributed by atoms with Crippen LogP contribution in [-0.2, 0) is 6.42 Å². The van der Waals surface area contributed by atoms with Gasteiger partial charge in [0.25, 0.3) is 11.4 Å². The summed E-state index contributed by atoms with van der Waals surface area (Å²) in [5.74, 6) is 1.94. The van der Waals surface area contributed by atoms with Gasteiger partial charge in [0.2, 0.25) is 0 Å². The first-order chi connectivity index (χ1) is 17.9. The Morgan fingerprint density at radius 2 is 1.95 bits per heavy atom. The van der Waals surface area contributed by atoms with E-state index in [2.05, 4.69) is 38.3 Å². The molecule has 0 bridgehead atoms. The fraction of sp³-hybridized carbons (Fsp3) is 0.231. The number of hydrogen-bond donors (Lipinski definition) is 2. The summed E-state index contributed by atoms with van der Waals surface area (Å²) in [6.07, 6.45) is 9.70. The second kappa shape index (κ2) is 10.9. The quantitative estimate of drug-likeness (QED) is 0.353. The van der Waals surface area contributed by atoms with Crippen molar-refractivity contribution in [3.05, 3.63) is 83.7 Å². The normalized spacial score (nSPS) is 13.2. The van der Waals surface area contributed by atoms with Crippen molar-refractivity contribution in [3.8, 4) is 11.5 Å². The van der Waals surface area contributed by atoms with Gasteiger partial charge in [-0.15, -0.1) is 0 Å². The monoisotopic (exact) mass is 502 g/mol. The molecule has 0 amide bonds. The zero-order valence-corrected chi connectivity index (χ0v) is 20.4. The highest BCUT2D eigenvalue weighted by molar-refractivity contribution is 5.79. The molecule has 3 heterocycles. The molecule has 1 fully saturated rings. The zero-order chi connectivity index (χ0) is 26.5. The molecule has 37 heavy (non-hydrogen) atoms. The molecule has 11 heteroatoms. The molecule has 3 aromatic heterocycles. The average Bonchev–Trinajstić information content (AvgIpc) is 3.61. The number of fused-ring (bicyclic) bond motifs is 1. The van der Waals surface area contributed by atoms with Crippen LogP contribution in [0, 0.1) is 5.82 Å². The summed E-state index contributed by atoms with van der Waals surface area (Å²) in [5.41, 5.74) is 12.3. The lowest BCUT2D eigenvalue weighted by Gasteiger charge is -2.13. The Kier molecular flexibility index (Phi) is 7.52. The highest BCUT2D eigenvalue weighted by Crippen LogP contribution is 2.39. The van der Waals surface area contributed by atoms with Crippen molar-refractivity contribution >= 4 is 28.2 Å². The number of nitrogens with two attached hydrogens (primary N) is 2. The van der Waals surface area contributed by atoms with Crippen LogP contribution in [0.3, 0.4) is 0 Å². The van der Waals surface area contributed by atoms with E-state index in [0.29, 0.717) is 40.8 Å². The Balaban J connectivity index is 0.000000179. The van der Waals surface area contributed by atoms with E-state index < -0.39 is 11.4 Å². The van der Waals surface area contributed by atoms with Crippen molar-refractivity contribution < 1.29 is 8.91 Å². The van der Waals surface area contributed by atoms with Gasteiger partial charge in [-0.25, -0.2) is 19.3 Å². The van der Waals surface area contributed by atoms with E-state index in [-0.39, 0.29) is 22.9 Å². The van der Waals surface area contributed by atoms with Crippen LogP contribution in [0.15, 0.2) is 65.2 Å². The van der Waals surface area contributed by atoms with E-state index in [1.54, 1.807) is 24.3 Å². The number of benzene rings is 1. The first-order valence-electron chi connectivity index (χ1n) is 11.7. The molecule has 0 aliphatic heterocycles. The van der Waals surface area contributed by atoms with Gasteiger partial charge in [-0.05, 0) is 43.5 Å². The molecule has 1 aliphatic carbocycles. The van der Waals surface area contributed by atoms with Crippen LogP contribution in [-0.4, -0.2) is 29.7 Å². The lowest BCUT2D eigenvalue weighted by atomic mass is 10.2. The minimum atomic E-state index is -0.566. The van der Waals surface area contributed by atoms with Crippen molar-refractivity contribution in [3.63, 3.8) is 0 Å². The number of nitrogen functional groups attached to an aromatic ring is 2. The van der Waals surface area contributed by atoms with Crippen molar-refractivity contribution in [2.24, 2.45) is 0 Å². The van der Waals surface area contributed by atoms with Gasteiger partial charge in [0.05, 0.1) is 5.52 Å². The average molecular weight is 503 g/mol. The number of hydrogen-bond acceptors (Lipinski definition) is 9. The largest absolute Gasteiger partial charge is 0.383 e. The third-order valence-corrected chi connectivity index (χ3v) is 5.65. The van der Waals surface area contributed by atoms with Crippen LogP contribution in [0.4, 0.5) is 16.0 Å². The second-order valence-electron chi connectivity index (χ2n) is 8.34. The number of aryl methyl sites for hydroxylation is 1. The van der Waals surface area contributed by atoms with Crippen LogP contribution < -0.4 is 17.0 Å². The topological polar surface area (TPSA) is 152 Å². The molecule has 1 aromatic carbocycles. The molecule has 10 nitrogen and oxygen atoms in total. The molecule has 0 saturated heterocycles. The third-order valence-electron chi connectivity index (χ3n) is 5.65. The van der Waals surface area contributed by atoms with Gasteiger partial charge in [-0.1, -0.05) is 37.4 Å². The standard InChI is InChI=1S/C17H17FN2O.C9H10N6O/c1-4-8-12(6-3)20-15(9-5-2)19-14-11-7-10-13(18)16(14)17(20)21;10-6-5(7(11)13-3-12-6)9-14-8(15-16-9)4-1-2-4/h4,6-8,10-11H,1,3,5,9H2,2H3;3-4H,1-2H2,(H4,10,11,12,13)/b12-8+;. The van der Waals surface area contributed by atoms with Gasteiger partial charge < -0.3 is 16.0 Å². The van der Waals surface area contributed by atoms with E-state index in [0.717, 1.165) is 19.3 Å². The number of rotatable bonds is 7. The van der Waals surface area contributed by atoms with Gasteiger partial charge in [0.15, 0.2) is 5.82 Å². The second-order valence-corrected chi connectivity index (χ2v) is 8.34. The Bertz CT molecular complexity index is 1530.